The molecule has 1 aromatic heterocycles. The van der Waals surface area contributed by atoms with Gasteiger partial charge in [0.1, 0.15) is 17.5 Å². The van der Waals surface area contributed by atoms with Crippen LogP contribution in [0.2, 0.25) is 0 Å². The maximum Gasteiger partial charge on any atom is 0.146 e. The molecule has 17 heavy (non-hydrogen) atoms. The monoisotopic (exact) mass is 232 g/mol. The van der Waals surface area contributed by atoms with E-state index in [0.29, 0.717) is 5.82 Å². The van der Waals surface area contributed by atoms with E-state index in [2.05, 4.69) is 62.6 Å². The minimum absolute atomic E-state index is 0.132. The number of rotatable bonds is 1. The highest BCUT2D eigenvalue weighted by Crippen LogP contribution is 2.23. The predicted octanol–water partition coefficient (Wildman–Crippen LogP) is 2.53. The largest absolute Gasteiger partial charge is 0.217 e. The Labute approximate surface area is 103 Å². The molecule has 0 atom stereocenters. The molecule has 0 saturated heterocycles. The molecule has 0 bridgehead atoms. The standard InChI is InChI=1S/C13H20N4/c1-12(2,3)10-15-9(7-8-14)16-11(17-10)13(4,5)6/h7H2,1-6H3. The maximum atomic E-state index is 8.76. The zero-order chi connectivity index (χ0) is 13.3. The van der Waals surface area contributed by atoms with E-state index in [4.69, 9.17) is 5.26 Å². The van der Waals surface area contributed by atoms with E-state index in [1.54, 1.807) is 0 Å². The van der Waals surface area contributed by atoms with Crippen LogP contribution in [-0.4, -0.2) is 15.0 Å². The molecule has 0 aromatic carbocycles. The Hall–Kier alpha value is -1.50. The van der Waals surface area contributed by atoms with Crippen LogP contribution in [0.3, 0.4) is 0 Å². The molecule has 0 spiro atoms. The SMILES string of the molecule is CC(C)(C)c1nc(CC#N)nc(C(C)(C)C)n1. The normalized spacial score (nSPS) is 12.3. The number of hydrogen-bond acceptors (Lipinski definition) is 4. The molecular formula is C13H20N4. The van der Waals surface area contributed by atoms with Gasteiger partial charge in [-0.3, -0.25) is 0 Å². The Kier molecular flexibility index (Phi) is 3.51. The van der Waals surface area contributed by atoms with Gasteiger partial charge in [-0.05, 0) is 0 Å². The molecule has 1 heterocycles. The zero-order valence-corrected chi connectivity index (χ0v) is 11.5. The van der Waals surface area contributed by atoms with Crippen LogP contribution in [0.5, 0.6) is 0 Å². The molecule has 0 aliphatic heterocycles. The maximum absolute atomic E-state index is 8.76. The van der Waals surface area contributed by atoms with Gasteiger partial charge in [0, 0.05) is 10.8 Å². The highest BCUT2D eigenvalue weighted by atomic mass is 15.0. The van der Waals surface area contributed by atoms with Gasteiger partial charge < -0.3 is 0 Å². The summed E-state index contributed by atoms with van der Waals surface area (Å²) in [5.41, 5.74) is -0.264. The predicted molar refractivity (Wildman–Crippen MR) is 66.5 cm³/mol. The Morgan fingerprint density at radius 2 is 1.29 bits per heavy atom. The minimum Gasteiger partial charge on any atom is -0.217 e. The quantitative estimate of drug-likeness (QED) is 0.746. The van der Waals surface area contributed by atoms with Gasteiger partial charge in [0.2, 0.25) is 0 Å². The molecule has 4 nitrogen and oxygen atoms in total. The summed E-state index contributed by atoms with van der Waals surface area (Å²) in [6, 6.07) is 2.09. The molecule has 1 rings (SSSR count). The molecule has 0 amide bonds. The number of hydrogen-bond donors (Lipinski definition) is 0. The molecule has 92 valence electrons. The Morgan fingerprint density at radius 1 is 0.882 bits per heavy atom. The van der Waals surface area contributed by atoms with Gasteiger partial charge in [-0.1, -0.05) is 41.5 Å². The van der Waals surface area contributed by atoms with Crippen molar-refractivity contribution < 1.29 is 0 Å². The first-order valence-electron chi connectivity index (χ1n) is 5.77. The lowest BCUT2D eigenvalue weighted by atomic mass is 9.93. The van der Waals surface area contributed by atoms with Crippen molar-refractivity contribution in [3.05, 3.63) is 17.5 Å². The van der Waals surface area contributed by atoms with Crippen LogP contribution in [0.15, 0.2) is 0 Å². The molecule has 0 unspecified atom stereocenters. The second kappa shape index (κ2) is 4.40. The molecule has 0 aliphatic carbocycles. The van der Waals surface area contributed by atoms with E-state index in [9.17, 15) is 0 Å². The van der Waals surface area contributed by atoms with Gasteiger partial charge in [0.15, 0.2) is 0 Å². The summed E-state index contributed by atoms with van der Waals surface area (Å²) >= 11 is 0. The Bertz CT molecular complexity index is 412. The van der Waals surface area contributed by atoms with Crippen molar-refractivity contribution in [2.75, 3.05) is 0 Å². The van der Waals surface area contributed by atoms with Crippen molar-refractivity contribution in [1.82, 2.24) is 15.0 Å². The van der Waals surface area contributed by atoms with Crippen LogP contribution in [0.1, 0.15) is 59.0 Å². The first kappa shape index (κ1) is 13.6. The Balaban J connectivity index is 3.35. The summed E-state index contributed by atoms with van der Waals surface area (Å²) in [7, 11) is 0. The van der Waals surface area contributed by atoms with Gasteiger partial charge >= 0.3 is 0 Å². The molecule has 0 N–H and O–H groups in total. The first-order valence-corrected chi connectivity index (χ1v) is 5.77. The summed E-state index contributed by atoms with van der Waals surface area (Å²) in [5.74, 6) is 2.07. The number of aromatic nitrogens is 3. The van der Waals surface area contributed by atoms with E-state index in [1.165, 1.54) is 0 Å². The number of nitriles is 1. The second-order valence-corrected chi connectivity index (χ2v) is 6.23. The summed E-state index contributed by atoms with van der Waals surface area (Å²) < 4.78 is 0. The average molecular weight is 232 g/mol. The van der Waals surface area contributed by atoms with Gasteiger partial charge in [0.25, 0.3) is 0 Å². The van der Waals surface area contributed by atoms with Crippen LogP contribution in [0.25, 0.3) is 0 Å². The molecule has 0 fully saturated rings. The van der Waals surface area contributed by atoms with E-state index < -0.39 is 0 Å². The highest BCUT2D eigenvalue weighted by Gasteiger charge is 2.24. The van der Waals surface area contributed by atoms with E-state index in [-0.39, 0.29) is 17.3 Å². The van der Waals surface area contributed by atoms with Gasteiger partial charge in [0.05, 0.1) is 12.5 Å². The van der Waals surface area contributed by atoms with Crippen molar-refractivity contribution in [3.63, 3.8) is 0 Å². The summed E-state index contributed by atoms with van der Waals surface area (Å²) in [4.78, 5) is 13.3. The van der Waals surface area contributed by atoms with Crippen molar-refractivity contribution in [2.45, 2.75) is 58.8 Å². The molecule has 0 radical (unpaired) electrons. The van der Waals surface area contributed by atoms with Crippen molar-refractivity contribution in [1.29, 1.82) is 5.26 Å². The molecule has 1 aromatic rings. The number of nitrogens with zero attached hydrogens (tertiary/aromatic N) is 4. The fourth-order valence-electron chi connectivity index (χ4n) is 1.24. The first-order chi connectivity index (χ1) is 7.64. The second-order valence-electron chi connectivity index (χ2n) is 6.23. The zero-order valence-electron chi connectivity index (χ0n) is 11.5. The third kappa shape index (κ3) is 3.48. The third-order valence-electron chi connectivity index (χ3n) is 2.26. The molecular weight excluding hydrogens is 212 g/mol. The van der Waals surface area contributed by atoms with Gasteiger partial charge in [-0.15, -0.1) is 0 Å². The summed E-state index contributed by atoms with van der Waals surface area (Å²) in [6.45, 7) is 12.4. The Morgan fingerprint density at radius 3 is 1.59 bits per heavy atom. The van der Waals surface area contributed by atoms with Crippen LogP contribution < -0.4 is 0 Å². The fraction of sp³-hybridized carbons (Fsp3) is 0.692. The fourth-order valence-corrected chi connectivity index (χ4v) is 1.24. The van der Waals surface area contributed by atoms with Crippen LogP contribution in [0.4, 0.5) is 0 Å². The topological polar surface area (TPSA) is 62.5 Å². The lowest BCUT2D eigenvalue weighted by Gasteiger charge is -2.22. The van der Waals surface area contributed by atoms with Gasteiger partial charge in [-0.2, -0.15) is 5.26 Å². The lowest BCUT2D eigenvalue weighted by Crippen LogP contribution is -2.24. The van der Waals surface area contributed by atoms with E-state index >= 15 is 0 Å². The summed E-state index contributed by atoms with van der Waals surface area (Å²) in [5, 5.41) is 8.76. The summed E-state index contributed by atoms with van der Waals surface area (Å²) in [6.07, 6.45) is 0.231. The molecule has 0 saturated carbocycles. The van der Waals surface area contributed by atoms with Crippen LogP contribution in [-0.2, 0) is 17.3 Å². The molecule has 0 aliphatic rings. The minimum atomic E-state index is -0.132. The smallest absolute Gasteiger partial charge is 0.146 e. The highest BCUT2D eigenvalue weighted by molar-refractivity contribution is 5.12. The average Bonchev–Trinajstić information content (AvgIpc) is 2.15. The van der Waals surface area contributed by atoms with Crippen LogP contribution in [0, 0.1) is 11.3 Å². The van der Waals surface area contributed by atoms with Crippen molar-refractivity contribution in [3.8, 4) is 6.07 Å². The molecule has 4 heteroatoms. The van der Waals surface area contributed by atoms with Crippen molar-refractivity contribution >= 4 is 0 Å². The van der Waals surface area contributed by atoms with Crippen LogP contribution >= 0.6 is 0 Å². The van der Waals surface area contributed by atoms with E-state index in [1.807, 2.05) is 0 Å². The van der Waals surface area contributed by atoms with E-state index in [0.717, 1.165) is 11.6 Å². The third-order valence-corrected chi connectivity index (χ3v) is 2.26. The van der Waals surface area contributed by atoms with Crippen molar-refractivity contribution in [2.24, 2.45) is 0 Å². The lowest BCUT2D eigenvalue weighted by molar-refractivity contribution is 0.490. The van der Waals surface area contributed by atoms with Gasteiger partial charge in [-0.25, -0.2) is 15.0 Å².